The van der Waals surface area contributed by atoms with Gasteiger partial charge in [0.2, 0.25) is 0 Å². The minimum absolute atomic E-state index is 0.155. The normalized spacial score (nSPS) is 12.3. The lowest BCUT2D eigenvalue weighted by molar-refractivity contribution is 0.877. The topological polar surface area (TPSA) is 24.9 Å². The summed E-state index contributed by atoms with van der Waals surface area (Å²) in [6.07, 6.45) is 0. The number of hydrogen-bond acceptors (Lipinski definition) is 2. The molecule has 1 unspecified atom stereocenters. The van der Waals surface area contributed by atoms with Crippen molar-refractivity contribution in [2.75, 3.05) is 5.32 Å². The predicted molar refractivity (Wildman–Crippen MR) is 85.2 cm³/mol. The second-order valence-corrected chi connectivity index (χ2v) is 5.25. The largest absolute Gasteiger partial charge is 0.364 e. The molecule has 0 aliphatic heterocycles. The third-order valence-electron chi connectivity index (χ3n) is 3.31. The minimum atomic E-state index is 0.155. The first-order valence-electron chi connectivity index (χ1n) is 6.60. The van der Waals surface area contributed by atoms with Crippen LogP contribution in [-0.2, 0) is 0 Å². The van der Waals surface area contributed by atoms with Crippen molar-refractivity contribution in [3.63, 3.8) is 0 Å². The lowest BCUT2D eigenvalue weighted by Gasteiger charge is -2.15. The molecule has 0 spiro atoms. The minimum Gasteiger partial charge on any atom is -0.364 e. The van der Waals surface area contributed by atoms with E-state index in [2.05, 4.69) is 35.4 Å². The SMILES string of the molecule is CC(Nc1ccc2ccccc2n1)c1cccc(Cl)c1. The van der Waals surface area contributed by atoms with Gasteiger partial charge in [-0.15, -0.1) is 0 Å². The van der Waals surface area contributed by atoms with Gasteiger partial charge in [-0.05, 0) is 42.8 Å². The van der Waals surface area contributed by atoms with Gasteiger partial charge in [-0.3, -0.25) is 0 Å². The van der Waals surface area contributed by atoms with Crippen LogP contribution in [0.2, 0.25) is 5.02 Å². The molecule has 1 N–H and O–H groups in total. The molecule has 0 aliphatic rings. The molecule has 0 bridgehead atoms. The van der Waals surface area contributed by atoms with E-state index in [-0.39, 0.29) is 6.04 Å². The zero-order valence-electron chi connectivity index (χ0n) is 11.2. The Kier molecular flexibility index (Phi) is 3.57. The number of benzene rings is 2. The van der Waals surface area contributed by atoms with Gasteiger partial charge in [0.15, 0.2) is 0 Å². The maximum atomic E-state index is 6.03. The van der Waals surface area contributed by atoms with Crippen LogP contribution in [0.3, 0.4) is 0 Å². The predicted octanol–water partition coefficient (Wildman–Crippen LogP) is 5.06. The molecule has 0 amide bonds. The molecule has 0 saturated heterocycles. The van der Waals surface area contributed by atoms with Crippen LogP contribution in [0.15, 0.2) is 60.7 Å². The molecule has 0 aliphatic carbocycles. The number of anilines is 1. The monoisotopic (exact) mass is 282 g/mol. The number of halogens is 1. The molecule has 3 rings (SSSR count). The first kappa shape index (κ1) is 12.9. The maximum absolute atomic E-state index is 6.03. The first-order chi connectivity index (χ1) is 9.72. The van der Waals surface area contributed by atoms with Gasteiger partial charge in [0.1, 0.15) is 5.82 Å². The highest BCUT2D eigenvalue weighted by atomic mass is 35.5. The molecule has 3 aromatic rings. The number of rotatable bonds is 3. The van der Waals surface area contributed by atoms with Crippen molar-refractivity contribution in [2.45, 2.75) is 13.0 Å². The molecule has 100 valence electrons. The van der Waals surface area contributed by atoms with Crippen molar-refractivity contribution in [3.8, 4) is 0 Å². The lowest BCUT2D eigenvalue weighted by atomic mass is 10.1. The molecule has 0 saturated carbocycles. The Labute approximate surface area is 123 Å². The van der Waals surface area contributed by atoms with Crippen LogP contribution in [0.5, 0.6) is 0 Å². The highest BCUT2D eigenvalue weighted by Gasteiger charge is 2.06. The van der Waals surface area contributed by atoms with E-state index in [1.807, 2.05) is 42.5 Å². The first-order valence-corrected chi connectivity index (χ1v) is 6.98. The Morgan fingerprint density at radius 3 is 2.70 bits per heavy atom. The van der Waals surface area contributed by atoms with Gasteiger partial charge in [-0.2, -0.15) is 0 Å². The van der Waals surface area contributed by atoms with Crippen molar-refractivity contribution in [2.24, 2.45) is 0 Å². The fourth-order valence-corrected chi connectivity index (χ4v) is 2.43. The molecule has 0 radical (unpaired) electrons. The molecule has 1 heterocycles. The molecule has 2 aromatic carbocycles. The number of para-hydroxylation sites is 1. The summed E-state index contributed by atoms with van der Waals surface area (Å²) >= 11 is 6.03. The van der Waals surface area contributed by atoms with E-state index >= 15 is 0 Å². The smallest absolute Gasteiger partial charge is 0.127 e. The molecular weight excluding hydrogens is 268 g/mol. The Morgan fingerprint density at radius 1 is 1.00 bits per heavy atom. The summed E-state index contributed by atoms with van der Waals surface area (Å²) in [7, 11) is 0. The van der Waals surface area contributed by atoms with E-state index in [1.54, 1.807) is 0 Å². The van der Waals surface area contributed by atoms with Crippen LogP contribution in [-0.4, -0.2) is 4.98 Å². The zero-order chi connectivity index (χ0) is 13.9. The van der Waals surface area contributed by atoms with Crippen molar-refractivity contribution in [3.05, 3.63) is 71.2 Å². The standard InChI is InChI=1S/C17H15ClN2/c1-12(14-6-4-7-15(18)11-14)19-17-10-9-13-5-2-3-8-16(13)20-17/h2-12H,1H3,(H,19,20). The summed E-state index contributed by atoms with van der Waals surface area (Å²) in [5, 5.41) is 5.31. The van der Waals surface area contributed by atoms with E-state index in [1.165, 1.54) is 0 Å². The van der Waals surface area contributed by atoms with Crippen molar-refractivity contribution < 1.29 is 0 Å². The van der Waals surface area contributed by atoms with Crippen molar-refractivity contribution in [1.29, 1.82) is 0 Å². The zero-order valence-corrected chi connectivity index (χ0v) is 11.9. The summed E-state index contributed by atoms with van der Waals surface area (Å²) < 4.78 is 0. The summed E-state index contributed by atoms with van der Waals surface area (Å²) in [6, 6.07) is 20.2. The quantitative estimate of drug-likeness (QED) is 0.726. The Morgan fingerprint density at radius 2 is 1.85 bits per heavy atom. The summed E-state index contributed by atoms with van der Waals surface area (Å²) in [5.74, 6) is 0.871. The van der Waals surface area contributed by atoms with Gasteiger partial charge in [-0.25, -0.2) is 4.98 Å². The van der Waals surface area contributed by atoms with E-state index in [9.17, 15) is 0 Å². The maximum Gasteiger partial charge on any atom is 0.127 e. The number of pyridine rings is 1. The summed E-state index contributed by atoms with van der Waals surface area (Å²) in [4.78, 5) is 4.62. The molecule has 2 nitrogen and oxygen atoms in total. The molecule has 1 atom stereocenters. The van der Waals surface area contributed by atoms with Crippen LogP contribution in [0.1, 0.15) is 18.5 Å². The number of fused-ring (bicyclic) bond motifs is 1. The third-order valence-corrected chi connectivity index (χ3v) is 3.55. The second kappa shape index (κ2) is 5.51. The molecule has 0 fully saturated rings. The van der Waals surface area contributed by atoms with Gasteiger partial charge < -0.3 is 5.32 Å². The van der Waals surface area contributed by atoms with Gasteiger partial charge in [0.05, 0.1) is 5.52 Å². The number of nitrogens with one attached hydrogen (secondary N) is 1. The van der Waals surface area contributed by atoms with Crippen LogP contribution >= 0.6 is 11.6 Å². The average Bonchev–Trinajstić information content (AvgIpc) is 2.47. The fraction of sp³-hybridized carbons (Fsp3) is 0.118. The fourth-order valence-electron chi connectivity index (χ4n) is 2.23. The molecule has 1 aromatic heterocycles. The summed E-state index contributed by atoms with van der Waals surface area (Å²) in [5.41, 5.74) is 2.14. The number of aromatic nitrogens is 1. The van der Waals surface area contributed by atoms with E-state index in [4.69, 9.17) is 11.6 Å². The number of nitrogens with zero attached hydrogens (tertiary/aromatic N) is 1. The molecular formula is C17H15ClN2. The van der Waals surface area contributed by atoms with Crippen LogP contribution < -0.4 is 5.32 Å². The lowest BCUT2D eigenvalue weighted by Crippen LogP contribution is -2.07. The highest BCUT2D eigenvalue weighted by Crippen LogP contribution is 2.22. The Hall–Kier alpha value is -2.06. The van der Waals surface area contributed by atoms with Gasteiger partial charge in [0.25, 0.3) is 0 Å². The third kappa shape index (κ3) is 2.75. The van der Waals surface area contributed by atoms with Gasteiger partial charge in [0, 0.05) is 16.5 Å². The van der Waals surface area contributed by atoms with Gasteiger partial charge >= 0.3 is 0 Å². The average molecular weight is 283 g/mol. The van der Waals surface area contributed by atoms with Crippen LogP contribution in [0.4, 0.5) is 5.82 Å². The van der Waals surface area contributed by atoms with E-state index in [0.717, 1.165) is 27.3 Å². The van der Waals surface area contributed by atoms with E-state index in [0.29, 0.717) is 0 Å². The molecule has 20 heavy (non-hydrogen) atoms. The van der Waals surface area contributed by atoms with Gasteiger partial charge in [-0.1, -0.05) is 41.9 Å². The molecule has 3 heteroatoms. The van der Waals surface area contributed by atoms with E-state index < -0.39 is 0 Å². The summed E-state index contributed by atoms with van der Waals surface area (Å²) in [6.45, 7) is 2.10. The highest BCUT2D eigenvalue weighted by molar-refractivity contribution is 6.30. The second-order valence-electron chi connectivity index (χ2n) is 4.81. The van der Waals surface area contributed by atoms with Crippen molar-refractivity contribution in [1.82, 2.24) is 4.98 Å². The van der Waals surface area contributed by atoms with Crippen LogP contribution in [0.25, 0.3) is 10.9 Å². The Bertz CT molecular complexity index is 740. The van der Waals surface area contributed by atoms with Crippen molar-refractivity contribution >= 4 is 28.3 Å². The van der Waals surface area contributed by atoms with Crippen LogP contribution in [0, 0.1) is 0 Å². The number of hydrogen-bond donors (Lipinski definition) is 1. The Balaban J connectivity index is 1.85.